The smallest absolute Gasteiger partial charge is 0.0335 e. The van der Waals surface area contributed by atoms with Crippen LogP contribution < -0.4 is 5.32 Å². The minimum Gasteiger partial charge on any atom is -0.310 e. The Hall–Kier alpha value is -0.860. The number of benzene rings is 1. The van der Waals surface area contributed by atoms with Crippen molar-refractivity contribution in [3.8, 4) is 0 Å². The standard InChI is InChI=1S/C19H32N2/c1-4-14-20-19(18-12-8-5-9-16(18)2)13-15-21(3)17-10-6-7-11-17/h5,8-9,12,17,19-20H,4,6-7,10-11,13-15H2,1-3H3. The van der Waals surface area contributed by atoms with E-state index < -0.39 is 0 Å². The molecule has 1 aliphatic carbocycles. The van der Waals surface area contributed by atoms with Gasteiger partial charge in [-0.2, -0.15) is 0 Å². The third kappa shape index (κ3) is 4.82. The average Bonchev–Trinajstić information content (AvgIpc) is 3.02. The molecule has 21 heavy (non-hydrogen) atoms. The van der Waals surface area contributed by atoms with Crippen LogP contribution in [0.5, 0.6) is 0 Å². The van der Waals surface area contributed by atoms with E-state index in [1.165, 1.54) is 56.2 Å². The molecule has 118 valence electrons. The molecule has 0 aromatic heterocycles. The van der Waals surface area contributed by atoms with E-state index in [4.69, 9.17) is 0 Å². The zero-order chi connectivity index (χ0) is 15.1. The van der Waals surface area contributed by atoms with Crippen LogP contribution >= 0.6 is 0 Å². The number of hydrogen-bond donors (Lipinski definition) is 1. The van der Waals surface area contributed by atoms with Crippen molar-refractivity contribution >= 4 is 0 Å². The molecule has 1 aromatic carbocycles. The highest BCUT2D eigenvalue weighted by atomic mass is 15.1. The fraction of sp³-hybridized carbons (Fsp3) is 0.684. The molecule has 0 radical (unpaired) electrons. The molecule has 0 spiro atoms. The Morgan fingerprint density at radius 2 is 1.95 bits per heavy atom. The lowest BCUT2D eigenvalue weighted by molar-refractivity contribution is 0.231. The van der Waals surface area contributed by atoms with E-state index in [9.17, 15) is 0 Å². The lowest BCUT2D eigenvalue weighted by atomic mass is 9.98. The lowest BCUT2D eigenvalue weighted by Gasteiger charge is -2.27. The van der Waals surface area contributed by atoms with Crippen LogP contribution in [0.15, 0.2) is 24.3 Å². The predicted molar refractivity (Wildman–Crippen MR) is 91.7 cm³/mol. The maximum absolute atomic E-state index is 3.75. The average molecular weight is 288 g/mol. The Bertz CT molecular complexity index is 410. The van der Waals surface area contributed by atoms with Crippen molar-refractivity contribution in [2.45, 2.75) is 64.5 Å². The van der Waals surface area contributed by atoms with Gasteiger partial charge in [-0.25, -0.2) is 0 Å². The van der Waals surface area contributed by atoms with Gasteiger partial charge in [0.15, 0.2) is 0 Å². The van der Waals surface area contributed by atoms with E-state index >= 15 is 0 Å². The van der Waals surface area contributed by atoms with Gasteiger partial charge in [0, 0.05) is 12.1 Å². The number of hydrogen-bond acceptors (Lipinski definition) is 2. The molecule has 2 nitrogen and oxygen atoms in total. The van der Waals surface area contributed by atoms with Crippen LogP contribution in [0, 0.1) is 6.92 Å². The largest absolute Gasteiger partial charge is 0.310 e. The van der Waals surface area contributed by atoms with E-state index in [1.807, 2.05) is 0 Å². The van der Waals surface area contributed by atoms with Gasteiger partial charge in [-0.1, -0.05) is 44.0 Å². The van der Waals surface area contributed by atoms with Crippen LogP contribution in [0.2, 0.25) is 0 Å². The summed E-state index contributed by atoms with van der Waals surface area (Å²) in [6.45, 7) is 6.77. The number of nitrogens with one attached hydrogen (secondary N) is 1. The molecule has 1 aliphatic rings. The summed E-state index contributed by atoms with van der Waals surface area (Å²) in [5.74, 6) is 0. The topological polar surface area (TPSA) is 15.3 Å². The third-order valence-corrected chi connectivity index (χ3v) is 4.92. The summed E-state index contributed by atoms with van der Waals surface area (Å²) in [7, 11) is 2.31. The molecular formula is C19H32N2. The third-order valence-electron chi connectivity index (χ3n) is 4.92. The van der Waals surface area contributed by atoms with Gasteiger partial charge >= 0.3 is 0 Å². The summed E-state index contributed by atoms with van der Waals surface area (Å²) in [6.07, 6.45) is 8.04. The van der Waals surface area contributed by atoms with Gasteiger partial charge < -0.3 is 10.2 Å². The summed E-state index contributed by atoms with van der Waals surface area (Å²) in [6, 6.07) is 10.2. The van der Waals surface area contributed by atoms with Crippen molar-refractivity contribution in [3.05, 3.63) is 35.4 Å². The van der Waals surface area contributed by atoms with Crippen LogP contribution in [0.25, 0.3) is 0 Å². The van der Waals surface area contributed by atoms with Crippen LogP contribution in [-0.4, -0.2) is 31.1 Å². The molecular weight excluding hydrogens is 256 g/mol. The quantitative estimate of drug-likeness (QED) is 0.767. The molecule has 2 heteroatoms. The summed E-state index contributed by atoms with van der Waals surface area (Å²) in [5, 5.41) is 3.75. The van der Waals surface area contributed by atoms with Gasteiger partial charge in [-0.05, 0) is 63.9 Å². The highest BCUT2D eigenvalue weighted by molar-refractivity contribution is 5.28. The van der Waals surface area contributed by atoms with Crippen LogP contribution in [0.1, 0.15) is 62.6 Å². The first-order chi connectivity index (χ1) is 10.2. The van der Waals surface area contributed by atoms with Crippen molar-refractivity contribution in [2.24, 2.45) is 0 Å². The van der Waals surface area contributed by atoms with E-state index in [2.05, 4.69) is 55.4 Å². The molecule has 0 aliphatic heterocycles. The Morgan fingerprint density at radius 3 is 2.62 bits per heavy atom. The second-order valence-electron chi connectivity index (χ2n) is 6.57. The van der Waals surface area contributed by atoms with Crippen molar-refractivity contribution in [2.75, 3.05) is 20.1 Å². The molecule has 0 bridgehead atoms. The van der Waals surface area contributed by atoms with Crippen molar-refractivity contribution in [3.63, 3.8) is 0 Å². The Labute approximate surface area is 130 Å². The first-order valence-corrected chi connectivity index (χ1v) is 8.71. The molecule has 1 saturated carbocycles. The minimum absolute atomic E-state index is 0.495. The van der Waals surface area contributed by atoms with Gasteiger partial charge in [0.05, 0.1) is 0 Å². The lowest BCUT2D eigenvalue weighted by Crippen LogP contribution is -2.33. The number of rotatable bonds is 8. The highest BCUT2D eigenvalue weighted by Gasteiger charge is 2.21. The first kappa shape index (κ1) is 16.5. The maximum atomic E-state index is 3.75. The number of aryl methyl sites for hydroxylation is 1. The van der Waals surface area contributed by atoms with Crippen LogP contribution in [0.3, 0.4) is 0 Å². The van der Waals surface area contributed by atoms with E-state index in [-0.39, 0.29) is 0 Å². The normalized spacial score (nSPS) is 17.5. The molecule has 2 rings (SSSR count). The molecule has 1 aromatic rings. The fourth-order valence-corrected chi connectivity index (χ4v) is 3.52. The van der Waals surface area contributed by atoms with E-state index in [0.717, 1.165) is 12.6 Å². The van der Waals surface area contributed by atoms with Crippen molar-refractivity contribution in [1.29, 1.82) is 0 Å². The molecule has 1 fully saturated rings. The second kappa shape index (κ2) is 8.55. The minimum atomic E-state index is 0.495. The van der Waals surface area contributed by atoms with Gasteiger partial charge in [0.1, 0.15) is 0 Å². The number of nitrogens with zero attached hydrogens (tertiary/aromatic N) is 1. The Balaban J connectivity index is 1.94. The van der Waals surface area contributed by atoms with Crippen molar-refractivity contribution < 1.29 is 0 Å². The molecule has 1 atom stereocenters. The van der Waals surface area contributed by atoms with Gasteiger partial charge in [0.25, 0.3) is 0 Å². The predicted octanol–water partition coefficient (Wildman–Crippen LogP) is 4.30. The summed E-state index contributed by atoms with van der Waals surface area (Å²) in [5.41, 5.74) is 2.89. The molecule has 1 N–H and O–H groups in total. The van der Waals surface area contributed by atoms with Gasteiger partial charge in [0.2, 0.25) is 0 Å². The molecule has 0 saturated heterocycles. The van der Waals surface area contributed by atoms with Gasteiger partial charge in [-0.3, -0.25) is 0 Å². The summed E-state index contributed by atoms with van der Waals surface area (Å²) in [4.78, 5) is 2.59. The molecule has 1 unspecified atom stereocenters. The highest BCUT2D eigenvalue weighted by Crippen LogP contribution is 2.25. The van der Waals surface area contributed by atoms with Gasteiger partial charge in [-0.15, -0.1) is 0 Å². The Morgan fingerprint density at radius 1 is 1.24 bits per heavy atom. The fourth-order valence-electron chi connectivity index (χ4n) is 3.52. The van der Waals surface area contributed by atoms with E-state index in [1.54, 1.807) is 0 Å². The SMILES string of the molecule is CCCNC(CCN(C)C1CCCC1)c1ccccc1C. The summed E-state index contributed by atoms with van der Waals surface area (Å²) >= 11 is 0. The maximum Gasteiger partial charge on any atom is 0.0335 e. The second-order valence-corrected chi connectivity index (χ2v) is 6.57. The molecule has 0 heterocycles. The van der Waals surface area contributed by atoms with Crippen molar-refractivity contribution in [1.82, 2.24) is 10.2 Å². The van der Waals surface area contributed by atoms with Crippen LogP contribution in [0.4, 0.5) is 0 Å². The zero-order valence-corrected chi connectivity index (χ0v) is 14.1. The van der Waals surface area contributed by atoms with Crippen LogP contribution in [-0.2, 0) is 0 Å². The summed E-state index contributed by atoms with van der Waals surface area (Å²) < 4.78 is 0. The zero-order valence-electron chi connectivity index (χ0n) is 14.1. The Kier molecular flexibility index (Phi) is 6.72. The first-order valence-electron chi connectivity index (χ1n) is 8.71. The van der Waals surface area contributed by atoms with E-state index in [0.29, 0.717) is 6.04 Å². The monoisotopic (exact) mass is 288 g/mol. The molecule has 0 amide bonds.